The highest BCUT2D eigenvalue weighted by atomic mass is 35.5. The number of aromatic nitrogens is 2. The minimum atomic E-state index is -0.581. The van der Waals surface area contributed by atoms with E-state index in [4.69, 9.17) is 17.3 Å². The number of benzene rings is 1. The summed E-state index contributed by atoms with van der Waals surface area (Å²) in [6.07, 6.45) is 4.99. The molecule has 0 bridgehead atoms. The number of nitrogens with one attached hydrogen (secondary N) is 3. The number of nitrogens with two attached hydrogens (primary N) is 1. The van der Waals surface area contributed by atoms with Gasteiger partial charge >= 0.3 is 0 Å². The minimum absolute atomic E-state index is 0.116. The van der Waals surface area contributed by atoms with Crippen molar-refractivity contribution >= 4 is 46.6 Å². The summed E-state index contributed by atoms with van der Waals surface area (Å²) in [5.74, 6) is 0.0305. The summed E-state index contributed by atoms with van der Waals surface area (Å²) in [4.78, 5) is 31.6. The predicted octanol–water partition coefficient (Wildman–Crippen LogP) is 3.29. The molecule has 2 aromatic rings. The van der Waals surface area contributed by atoms with E-state index in [-0.39, 0.29) is 11.5 Å². The summed E-state index contributed by atoms with van der Waals surface area (Å²) < 4.78 is 0. The molecule has 9 heteroatoms. The van der Waals surface area contributed by atoms with Crippen molar-refractivity contribution in [3.8, 4) is 0 Å². The number of primary amides is 1. The van der Waals surface area contributed by atoms with Gasteiger partial charge in [0.1, 0.15) is 5.82 Å². The van der Waals surface area contributed by atoms with E-state index >= 15 is 0 Å². The zero-order chi connectivity index (χ0) is 19.4. The highest BCUT2D eigenvalue weighted by molar-refractivity contribution is 6.34. The van der Waals surface area contributed by atoms with E-state index in [1.54, 1.807) is 25.1 Å². The number of carbonyl (C=O) groups excluding carboxylic acids is 2. The average Bonchev–Trinajstić information content (AvgIpc) is 2.60. The second-order valence-electron chi connectivity index (χ2n) is 6.31. The van der Waals surface area contributed by atoms with Gasteiger partial charge in [-0.1, -0.05) is 18.5 Å². The molecule has 1 aliphatic rings. The lowest BCUT2D eigenvalue weighted by atomic mass is 9.93. The molecule has 8 nitrogen and oxygen atoms in total. The average molecular weight is 389 g/mol. The van der Waals surface area contributed by atoms with Crippen molar-refractivity contribution in [2.75, 3.05) is 16.0 Å². The van der Waals surface area contributed by atoms with Crippen LogP contribution in [0.5, 0.6) is 0 Å². The number of hydrogen-bond acceptors (Lipinski definition) is 6. The first-order chi connectivity index (χ1) is 13.0. The number of rotatable bonds is 7. The van der Waals surface area contributed by atoms with Crippen LogP contribution < -0.4 is 21.7 Å². The Morgan fingerprint density at radius 2 is 2.11 bits per heavy atom. The van der Waals surface area contributed by atoms with Crippen LogP contribution in [0.25, 0.3) is 0 Å². The molecule has 142 valence electrons. The van der Waals surface area contributed by atoms with E-state index in [0.717, 1.165) is 19.3 Å². The van der Waals surface area contributed by atoms with Gasteiger partial charge in [0, 0.05) is 24.3 Å². The molecule has 0 saturated heterocycles. The van der Waals surface area contributed by atoms with Gasteiger partial charge in [-0.2, -0.15) is 4.98 Å². The molecule has 27 heavy (non-hydrogen) atoms. The van der Waals surface area contributed by atoms with Crippen LogP contribution in [0.4, 0.5) is 23.1 Å². The quantitative estimate of drug-likeness (QED) is 0.577. The van der Waals surface area contributed by atoms with Crippen LogP contribution in [-0.2, 0) is 4.79 Å². The van der Waals surface area contributed by atoms with Gasteiger partial charge in [0.05, 0.1) is 16.3 Å². The number of nitrogens with zero attached hydrogens (tertiary/aromatic N) is 2. The summed E-state index contributed by atoms with van der Waals surface area (Å²) in [5.41, 5.74) is 6.84. The molecular formula is C18H21ClN6O2. The minimum Gasteiger partial charge on any atom is -0.367 e. The molecule has 3 rings (SSSR count). The van der Waals surface area contributed by atoms with Gasteiger partial charge in [0.2, 0.25) is 11.9 Å². The smallest absolute Gasteiger partial charge is 0.254 e. The van der Waals surface area contributed by atoms with Crippen LogP contribution in [0, 0.1) is 0 Å². The largest absolute Gasteiger partial charge is 0.367 e. The molecule has 1 aromatic carbocycles. The summed E-state index contributed by atoms with van der Waals surface area (Å²) in [6, 6.07) is 5.41. The third-order valence-electron chi connectivity index (χ3n) is 4.32. The number of halogens is 1. The molecule has 1 aliphatic carbocycles. The number of carbonyl (C=O) groups is 2. The third kappa shape index (κ3) is 4.65. The Balaban J connectivity index is 1.78. The van der Waals surface area contributed by atoms with Crippen molar-refractivity contribution < 1.29 is 9.59 Å². The van der Waals surface area contributed by atoms with Gasteiger partial charge in [-0.15, -0.1) is 0 Å². The van der Waals surface area contributed by atoms with Crippen molar-refractivity contribution in [2.45, 2.75) is 38.6 Å². The number of hydrogen-bond donors (Lipinski definition) is 4. The highest BCUT2D eigenvalue weighted by Crippen LogP contribution is 2.28. The molecule has 0 unspecified atom stereocenters. The van der Waals surface area contributed by atoms with Crippen LogP contribution in [0.2, 0.25) is 5.02 Å². The molecule has 0 aliphatic heterocycles. The van der Waals surface area contributed by atoms with Crippen LogP contribution >= 0.6 is 11.6 Å². The lowest BCUT2D eigenvalue weighted by Crippen LogP contribution is -2.29. The summed E-state index contributed by atoms with van der Waals surface area (Å²) in [5, 5.41) is 9.40. The number of amides is 2. The fourth-order valence-electron chi connectivity index (χ4n) is 2.54. The zero-order valence-electron chi connectivity index (χ0n) is 14.9. The van der Waals surface area contributed by atoms with Gasteiger partial charge in [0.15, 0.2) is 0 Å². The van der Waals surface area contributed by atoms with Gasteiger partial charge in [0.25, 0.3) is 5.91 Å². The van der Waals surface area contributed by atoms with Crippen molar-refractivity contribution in [3.63, 3.8) is 0 Å². The lowest BCUT2D eigenvalue weighted by molar-refractivity contribution is -0.115. The first kappa shape index (κ1) is 18.9. The highest BCUT2D eigenvalue weighted by Gasteiger charge is 2.21. The van der Waals surface area contributed by atoms with Gasteiger partial charge in [-0.05, 0) is 37.5 Å². The maximum atomic E-state index is 11.6. The van der Waals surface area contributed by atoms with E-state index in [1.165, 1.54) is 6.20 Å². The van der Waals surface area contributed by atoms with Crippen molar-refractivity contribution in [2.24, 2.45) is 5.73 Å². The van der Waals surface area contributed by atoms with E-state index in [9.17, 15) is 9.59 Å². The molecule has 0 spiro atoms. The van der Waals surface area contributed by atoms with Crippen LogP contribution in [0.15, 0.2) is 24.4 Å². The fourth-order valence-corrected chi connectivity index (χ4v) is 2.77. The summed E-state index contributed by atoms with van der Waals surface area (Å²) >= 11 is 6.22. The lowest BCUT2D eigenvalue weighted by Gasteiger charge is -2.27. The molecule has 5 N–H and O–H groups in total. The van der Waals surface area contributed by atoms with E-state index in [0.29, 0.717) is 40.6 Å². The van der Waals surface area contributed by atoms with Crippen LogP contribution in [-0.4, -0.2) is 27.8 Å². The molecule has 1 aromatic heterocycles. The molecule has 1 heterocycles. The van der Waals surface area contributed by atoms with Gasteiger partial charge in [-0.3, -0.25) is 9.59 Å². The van der Waals surface area contributed by atoms with Crippen molar-refractivity contribution in [3.05, 3.63) is 35.0 Å². The Kier molecular flexibility index (Phi) is 5.75. The maximum Gasteiger partial charge on any atom is 0.254 e. The first-order valence-electron chi connectivity index (χ1n) is 8.76. The molecule has 0 atom stereocenters. The van der Waals surface area contributed by atoms with Gasteiger partial charge in [-0.25, -0.2) is 4.98 Å². The first-order valence-corrected chi connectivity index (χ1v) is 9.14. The predicted molar refractivity (Wildman–Crippen MR) is 105 cm³/mol. The summed E-state index contributed by atoms with van der Waals surface area (Å²) in [6.45, 7) is 1.77. The van der Waals surface area contributed by atoms with Crippen LogP contribution in [0.1, 0.15) is 43.0 Å². The maximum absolute atomic E-state index is 11.6. The van der Waals surface area contributed by atoms with Crippen molar-refractivity contribution in [1.82, 2.24) is 9.97 Å². The monoisotopic (exact) mass is 388 g/mol. The molecule has 1 saturated carbocycles. The number of anilines is 4. The van der Waals surface area contributed by atoms with Crippen molar-refractivity contribution in [1.29, 1.82) is 0 Å². The molecule has 1 fully saturated rings. The van der Waals surface area contributed by atoms with E-state index in [2.05, 4.69) is 25.9 Å². The van der Waals surface area contributed by atoms with Gasteiger partial charge < -0.3 is 21.7 Å². The van der Waals surface area contributed by atoms with Crippen LogP contribution in [0.3, 0.4) is 0 Å². The second-order valence-corrected chi connectivity index (χ2v) is 6.72. The van der Waals surface area contributed by atoms with E-state index in [1.807, 2.05) is 0 Å². The molecule has 0 radical (unpaired) electrons. The normalized spacial score (nSPS) is 13.6. The Labute approximate surface area is 161 Å². The Hall–Kier alpha value is -2.87. The fraction of sp³-hybridized carbons (Fsp3) is 0.333. The Bertz CT molecular complexity index is 869. The third-order valence-corrected chi connectivity index (χ3v) is 4.63. The second kappa shape index (κ2) is 8.22. The van der Waals surface area contributed by atoms with E-state index < -0.39 is 5.91 Å². The summed E-state index contributed by atoms with van der Waals surface area (Å²) in [7, 11) is 0. The SMILES string of the molecule is CCC(=O)Nc1ccc(Nc2ncc(C(N)=O)c(NC3CCC3)n2)cc1Cl. The molecular weight excluding hydrogens is 368 g/mol. The topological polar surface area (TPSA) is 122 Å². The zero-order valence-corrected chi connectivity index (χ0v) is 15.6. The Morgan fingerprint density at radius 3 is 2.70 bits per heavy atom. The molecule has 2 amide bonds. The standard InChI is InChI=1S/C18H21ClN6O2/c1-2-15(26)24-14-7-6-11(8-13(14)19)23-18-21-9-12(16(20)27)17(25-18)22-10-4-3-5-10/h6-10H,2-5H2,1H3,(H2,20,27)(H,24,26)(H2,21,22,23,25). The Morgan fingerprint density at radius 1 is 1.33 bits per heavy atom.